The van der Waals surface area contributed by atoms with E-state index in [0.717, 1.165) is 18.4 Å². The zero-order chi connectivity index (χ0) is 11.2. The Bertz CT molecular complexity index is 412. The average molecular weight is 237 g/mol. The van der Waals surface area contributed by atoms with Crippen LogP contribution in [0, 0.1) is 5.41 Å². The van der Waals surface area contributed by atoms with Gasteiger partial charge in [0.2, 0.25) is 0 Å². The molecule has 0 N–H and O–H groups in total. The Balaban J connectivity index is 1.88. The topological polar surface area (TPSA) is 26.3 Å². The van der Waals surface area contributed by atoms with E-state index in [0.29, 0.717) is 16.9 Å². The molecule has 0 bridgehead atoms. The molecule has 2 nitrogen and oxygen atoms in total. The van der Waals surface area contributed by atoms with Crippen LogP contribution in [-0.2, 0) is 15.1 Å². The monoisotopic (exact) mass is 236 g/mol. The van der Waals surface area contributed by atoms with Gasteiger partial charge >= 0.3 is 0 Å². The van der Waals surface area contributed by atoms with Gasteiger partial charge in [-0.1, -0.05) is 23.7 Å². The lowest BCUT2D eigenvalue weighted by molar-refractivity contribution is -0.166. The second-order valence-electron chi connectivity index (χ2n) is 5.07. The van der Waals surface area contributed by atoms with Crippen LogP contribution in [0.5, 0.6) is 0 Å². The SMILES string of the molecule is O=COC1(c2ccc(Cl)cc2)CC2(CC2)C1. The Hall–Kier alpha value is -1.02. The maximum atomic E-state index is 10.6. The molecule has 0 amide bonds. The summed E-state index contributed by atoms with van der Waals surface area (Å²) in [5, 5.41) is 0.713. The molecule has 0 unspecified atom stereocenters. The molecule has 0 aromatic heterocycles. The number of carbonyl (C=O) groups is 1. The van der Waals surface area contributed by atoms with Crippen LogP contribution >= 0.6 is 11.6 Å². The molecule has 3 heteroatoms. The van der Waals surface area contributed by atoms with Crippen LogP contribution in [0.4, 0.5) is 0 Å². The molecule has 84 valence electrons. The van der Waals surface area contributed by atoms with Gasteiger partial charge in [-0.05, 0) is 48.8 Å². The minimum Gasteiger partial charge on any atom is -0.456 e. The van der Waals surface area contributed by atoms with E-state index >= 15 is 0 Å². The predicted octanol–water partition coefficient (Wildman–Crippen LogP) is 3.28. The number of benzene rings is 1. The van der Waals surface area contributed by atoms with E-state index in [4.69, 9.17) is 16.3 Å². The van der Waals surface area contributed by atoms with Crippen molar-refractivity contribution < 1.29 is 9.53 Å². The third-order valence-corrected chi connectivity index (χ3v) is 4.17. The summed E-state index contributed by atoms with van der Waals surface area (Å²) >= 11 is 5.86. The summed E-state index contributed by atoms with van der Waals surface area (Å²) in [6, 6.07) is 7.62. The molecule has 1 spiro atoms. The average Bonchev–Trinajstić information content (AvgIpc) is 2.98. The minimum atomic E-state index is -0.372. The first-order chi connectivity index (χ1) is 7.68. The van der Waals surface area contributed by atoms with Crippen molar-refractivity contribution in [2.45, 2.75) is 31.3 Å². The summed E-state index contributed by atoms with van der Waals surface area (Å²) in [6.45, 7) is 0.573. The molecule has 16 heavy (non-hydrogen) atoms. The van der Waals surface area contributed by atoms with Gasteiger partial charge in [0.25, 0.3) is 6.47 Å². The Morgan fingerprint density at radius 2 is 1.81 bits per heavy atom. The molecule has 1 aromatic rings. The molecule has 0 atom stereocenters. The molecule has 0 heterocycles. The normalized spacial score (nSPS) is 23.6. The quantitative estimate of drug-likeness (QED) is 0.753. The number of halogens is 1. The molecule has 0 aliphatic heterocycles. The van der Waals surface area contributed by atoms with Crippen molar-refractivity contribution in [1.82, 2.24) is 0 Å². The van der Waals surface area contributed by atoms with Crippen molar-refractivity contribution >= 4 is 18.1 Å². The van der Waals surface area contributed by atoms with Crippen LogP contribution in [0.25, 0.3) is 0 Å². The zero-order valence-corrected chi connectivity index (χ0v) is 9.67. The third kappa shape index (κ3) is 1.44. The maximum Gasteiger partial charge on any atom is 0.293 e. The van der Waals surface area contributed by atoms with E-state index in [1.54, 1.807) is 0 Å². The van der Waals surface area contributed by atoms with E-state index < -0.39 is 0 Å². The van der Waals surface area contributed by atoms with E-state index in [9.17, 15) is 4.79 Å². The fourth-order valence-corrected chi connectivity index (χ4v) is 3.02. The maximum absolute atomic E-state index is 10.6. The van der Waals surface area contributed by atoms with Crippen LogP contribution in [0.3, 0.4) is 0 Å². The highest BCUT2D eigenvalue weighted by Gasteiger charge is 2.63. The first-order valence-corrected chi connectivity index (χ1v) is 5.94. The van der Waals surface area contributed by atoms with E-state index in [1.165, 1.54) is 12.8 Å². The third-order valence-electron chi connectivity index (χ3n) is 3.92. The van der Waals surface area contributed by atoms with Gasteiger partial charge in [-0.25, -0.2) is 0 Å². The lowest BCUT2D eigenvalue weighted by Crippen LogP contribution is -2.44. The summed E-state index contributed by atoms with van der Waals surface area (Å²) in [7, 11) is 0. The highest BCUT2D eigenvalue weighted by atomic mass is 35.5. The summed E-state index contributed by atoms with van der Waals surface area (Å²) in [5.41, 5.74) is 1.19. The van der Waals surface area contributed by atoms with Gasteiger partial charge in [0.05, 0.1) is 0 Å². The largest absolute Gasteiger partial charge is 0.456 e. The van der Waals surface area contributed by atoms with Gasteiger partial charge in [0.15, 0.2) is 0 Å². The standard InChI is InChI=1S/C13H13ClO2/c14-11-3-1-10(2-4-11)13(16-9-15)7-12(8-13)5-6-12/h1-4,9H,5-8H2. The Morgan fingerprint density at radius 3 is 2.31 bits per heavy atom. The molecule has 2 saturated carbocycles. The van der Waals surface area contributed by atoms with Crippen molar-refractivity contribution in [3.8, 4) is 0 Å². The zero-order valence-electron chi connectivity index (χ0n) is 8.91. The second kappa shape index (κ2) is 3.24. The summed E-state index contributed by atoms with van der Waals surface area (Å²) in [6.07, 6.45) is 4.51. The smallest absolute Gasteiger partial charge is 0.293 e. The summed E-state index contributed by atoms with van der Waals surface area (Å²) < 4.78 is 5.34. The van der Waals surface area contributed by atoms with Crippen molar-refractivity contribution in [3.05, 3.63) is 34.9 Å². The fraction of sp³-hybridized carbons (Fsp3) is 0.462. The van der Waals surface area contributed by atoms with E-state index in [-0.39, 0.29) is 5.60 Å². The number of carbonyl (C=O) groups excluding carboxylic acids is 1. The number of hydrogen-bond acceptors (Lipinski definition) is 2. The Kier molecular flexibility index (Phi) is 2.05. The Labute approximate surface area is 99.6 Å². The van der Waals surface area contributed by atoms with Gasteiger partial charge in [-0.3, -0.25) is 4.79 Å². The number of rotatable bonds is 3. The van der Waals surface area contributed by atoms with Crippen LogP contribution in [0.2, 0.25) is 5.02 Å². The first kappa shape index (κ1) is 10.2. The van der Waals surface area contributed by atoms with Crippen LogP contribution in [0.1, 0.15) is 31.2 Å². The van der Waals surface area contributed by atoms with Crippen LogP contribution in [0.15, 0.2) is 24.3 Å². The highest BCUT2D eigenvalue weighted by Crippen LogP contribution is 2.69. The van der Waals surface area contributed by atoms with Crippen molar-refractivity contribution in [3.63, 3.8) is 0 Å². The first-order valence-electron chi connectivity index (χ1n) is 5.56. The summed E-state index contributed by atoms with van der Waals surface area (Å²) in [4.78, 5) is 10.6. The molecule has 2 aliphatic carbocycles. The predicted molar refractivity (Wildman–Crippen MR) is 61.2 cm³/mol. The molecule has 0 radical (unpaired) electrons. The molecule has 2 aliphatic rings. The lowest BCUT2D eigenvalue weighted by Gasteiger charge is -2.47. The van der Waals surface area contributed by atoms with Crippen molar-refractivity contribution in [1.29, 1.82) is 0 Å². The van der Waals surface area contributed by atoms with Crippen molar-refractivity contribution in [2.75, 3.05) is 0 Å². The van der Waals surface area contributed by atoms with Gasteiger partial charge in [0.1, 0.15) is 5.60 Å². The van der Waals surface area contributed by atoms with Gasteiger partial charge in [-0.15, -0.1) is 0 Å². The van der Waals surface area contributed by atoms with Crippen LogP contribution in [-0.4, -0.2) is 6.47 Å². The molecule has 3 rings (SSSR count). The van der Waals surface area contributed by atoms with E-state index in [2.05, 4.69) is 0 Å². The highest BCUT2D eigenvalue weighted by molar-refractivity contribution is 6.30. The minimum absolute atomic E-state index is 0.372. The van der Waals surface area contributed by atoms with Gasteiger partial charge in [-0.2, -0.15) is 0 Å². The van der Waals surface area contributed by atoms with Crippen LogP contribution < -0.4 is 0 Å². The molecular formula is C13H13ClO2. The van der Waals surface area contributed by atoms with E-state index in [1.807, 2.05) is 24.3 Å². The molecular weight excluding hydrogens is 224 g/mol. The molecule has 0 saturated heterocycles. The fourth-order valence-electron chi connectivity index (χ4n) is 2.89. The lowest BCUT2D eigenvalue weighted by atomic mass is 9.64. The van der Waals surface area contributed by atoms with Crippen molar-refractivity contribution in [2.24, 2.45) is 5.41 Å². The number of ether oxygens (including phenoxy) is 1. The second-order valence-corrected chi connectivity index (χ2v) is 5.51. The molecule has 1 aromatic carbocycles. The Morgan fingerprint density at radius 1 is 1.19 bits per heavy atom. The van der Waals surface area contributed by atoms with Gasteiger partial charge in [0, 0.05) is 5.02 Å². The number of hydrogen-bond donors (Lipinski definition) is 0. The van der Waals surface area contributed by atoms with Gasteiger partial charge < -0.3 is 4.74 Å². The molecule has 2 fully saturated rings. The summed E-state index contributed by atoms with van der Waals surface area (Å²) in [5.74, 6) is 0.